The monoisotopic (exact) mass is 247 g/mol. The third-order valence-electron chi connectivity index (χ3n) is 1.50. The van der Waals surface area contributed by atoms with Gasteiger partial charge in [0.25, 0.3) is 0 Å². The first-order chi connectivity index (χ1) is 6.65. The van der Waals surface area contributed by atoms with Gasteiger partial charge < -0.3 is 5.73 Å². The zero-order valence-corrected chi connectivity index (χ0v) is 9.12. The first-order valence-electron chi connectivity index (χ1n) is 3.62. The molecule has 0 saturated carbocycles. The van der Waals surface area contributed by atoms with Crippen LogP contribution in [-0.2, 0) is 0 Å². The van der Waals surface area contributed by atoms with Crippen LogP contribution in [0, 0.1) is 0 Å². The molecule has 0 unspecified atom stereocenters. The van der Waals surface area contributed by atoms with E-state index in [1.165, 1.54) is 11.3 Å². The molecule has 72 valence electrons. The average molecular weight is 248 g/mol. The Morgan fingerprint density at radius 1 is 1.36 bits per heavy atom. The van der Waals surface area contributed by atoms with E-state index in [2.05, 4.69) is 15.0 Å². The smallest absolute Gasteiger partial charge is 0.375 e. The molecule has 0 atom stereocenters. The lowest BCUT2D eigenvalue weighted by Gasteiger charge is -1.90. The van der Waals surface area contributed by atoms with Gasteiger partial charge in [-0.2, -0.15) is 0 Å². The van der Waals surface area contributed by atoms with Crippen LogP contribution in [0.4, 0.5) is 5.13 Å². The molecule has 0 aromatic carbocycles. The number of H-pyrrole nitrogens is 1. The normalized spacial score (nSPS) is 10.4. The van der Waals surface area contributed by atoms with Crippen molar-refractivity contribution < 1.29 is 4.98 Å². The number of aromatic nitrogens is 3. The zero-order valence-electron chi connectivity index (χ0n) is 6.79. The molecule has 0 fully saturated rings. The predicted molar refractivity (Wildman–Crippen MR) is 56.3 cm³/mol. The molecule has 0 saturated heterocycles. The van der Waals surface area contributed by atoms with Crippen LogP contribution in [-0.4, -0.2) is 9.97 Å². The highest BCUT2D eigenvalue weighted by Crippen LogP contribution is 2.21. The number of thiazole rings is 1. The molecule has 0 aliphatic carbocycles. The van der Waals surface area contributed by atoms with Crippen LogP contribution in [0.2, 0.25) is 10.4 Å². The molecule has 3 N–H and O–H groups in total. The van der Waals surface area contributed by atoms with E-state index in [9.17, 15) is 0 Å². The molecule has 14 heavy (non-hydrogen) atoms. The first kappa shape index (κ1) is 9.64. The highest BCUT2D eigenvalue weighted by atomic mass is 35.5. The molecule has 7 heteroatoms. The van der Waals surface area contributed by atoms with E-state index in [1.807, 2.05) is 5.38 Å². The molecule has 2 rings (SSSR count). The molecule has 2 heterocycles. The van der Waals surface area contributed by atoms with Gasteiger partial charge in [-0.05, 0) is 16.6 Å². The van der Waals surface area contributed by atoms with Crippen molar-refractivity contribution in [3.63, 3.8) is 0 Å². The summed E-state index contributed by atoms with van der Waals surface area (Å²) in [6.45, 7) is 0. The van der Waals surface area contributed by atoms with E-state index in [0.29, 0.717) is 21.7 Å². The third kappa shape index (κ3) is 1.95. The number of nitrogens with zero attached hydrogens (tertiary/aromatic N) is 2. The maximum atomic E-state index is 5.74. The fraction of sp³-hybridized carbons (Fsp3) is 0. The Labute approximate surface area is 93.7 Å². The Kier molecular flexibility index (Phi) is 2.54. The van der Waals surface area contributed by atoms with E-state index < -0.39 is 0 Å². The van der Waals surface area contributed by atoms with Gasteiger partial charge in [0.05, 0.1) is 6.07 Å². The molecule has 0 bridgehead atoms. The molecular formula is C7H5Cl2N4S+. The molecule has 0 amide bonds. The van der Waals surface area contributed by atoms with Crippen LogP contribution >= 0.6 is 34.5 Å². The standard InChI is InChI=1S/C7H4Cl2N4S/c8-5-1-3(11-6(9)13-5)4-2-14-7(10)12-4/h1-2H,(H2,10,12)/p+1. The van der Waals surface area contributed by atoms with Gasteiger partial charge in [0, 0.05) is 17.0 Å². The number of nitrogens with two attached hydrogens (primary N) is 1. The number of hydrogen-bond acceptors (Lipinski definition) is 4. The fourth-order valence-electron chi connectivity index (χ4n) is 0.970. The van der Waals surface area contributed by atoms with Crippen molar-refractivity contribution in [1.29, 1.82) is 0 Å². The summed E-state index contributed by atoms with van der Waals surface area (Å²) >= 11 is 12.8. The number of nitrogen functional groups attached to an aromatic ring is 1. The van der Waals surface area contributed by atoms with E-state index in [-0.39, 0.29) is 5.28 Å². The van der Waals surface area contributed by atoms with Crippen molar-refractivity contribution in [1.82, 2.24) is 9.97 Å². The van der Waals surface area contributed by atoms with Crippen molar-refractivity contribution in [2.24, 2.45) is 0 Å². The summed E-state index contributed by atoms with van der Waals surface area (Å²) in [7, 11) is 0. The van der Waals surface area contributed by atoms with Gasteiger partial charge in [-0.15, -0.1) is 11.3 Å². The third-order valence-corrected chi connectivity index (χ3v) is 2.55. The average Bonchev–Trinajstić information content (AvgIpc) is 2.50. The van der Waals surface area contributed by atoms with Crippen LogP contribution in [0.15, 0.2) is 11.4 Å². The molecule has 2 aromatic heterocycles. The van der Waals surface area contributed by atoms with Crippen LogP contribution in [0.25, 0.3) is 11.4 Å². The second-order valence-electron chi connectivity index (χ2n) is 2.48. The summed E-state index contributed by atoms with van der Waals surface area (Å²) in [5, 5.41) is 2.85. The van der Waals surface area contributed by atoms with Crippen molar-refractivity contribution in [2.75, 3.05) is 5.73 Å². The Morgan fingerprint density at radius 3 is 2.71 bits per heavy atom. The Balaban J connectivity index is 2.51. The van der Waals surface area contributed by atoms with Gasteiger partial charge in [0.1, 0.15) is 5.69 Å². The van der Waals surface area contributed by atoms with Crippen LogP contribution < -0.4 is 10.7 Å². The lowest BCUT2D eigenvalue weighted by atomic mass is 10.3. The van der Waals surface area contributed by atoms with Crippen molar-refractivity contribution in [3.8, 4) is 11.4 Å². The maximum Gasteiger partial charge on any atom is 0.395 e. The number of aromatic amines is 1. The number of anilines is 1. The van der Waals surface area contributed by atoms with E-state index in [0.717, 1.165) is 0 Å². The van der Waals surface area contributed by atoms with Gasteiger partial charge in [-0.25, -0.2) is 9.97 Å². The summed E-state index contributed by atoms with van der Waals surface area (Å²) in [6, 6.07) is 1.64. The fourth-order valence-corrected chi connectivity index (χ4v) is 1.96. The summed E-state index contributed by atoms with van der Waals surface area (Å²) < 4.78 is 0. The van der Waals surface area contributed by atoms with Crippen molar-refractivity contribution in [3.05, 3.63) is 21.9 Å². The first-order valence-corrected chi connectivity index (χ1v) is 5.25. The van der Waals surface area contributed by atoms with Crippen LogP contribution in [0.5, 0.6) is 0 Å². The SMILES string of the molecule is Nc1nc(-c2cc(Cl)nc(Cl)[nH+]2)cs1. The number of halogens is 2. The largest absolute Gasteiger partial charge is 0.395 e. The second kappa shape index (κ2) is 3.68. The summed E-state index contributed by atoms with van der Waals surface area (Å²) in [5.41, 5.74) is 6.91. The molecule has 0 radical (unpaired) electrons. The van der Waals surface area contributed by atoms with E-state index in [4.69, 9.17) is 28.9 Å². The van der Waals surface area contributed by atoms with Gasteiger partial charge in [0.2, 0.25) is 5.15 Å². The number of hydrogen-bond donors (Lipinski definition) is 1. The lowest BCUT2D eigenvalue weighted by molar-refractivity contribution is -0.367. The van der Waals surface area contributed by atoms with E-state index >= 15 is 0 Å². The predicted octanol–water partition coefficient (Wildman–Crippen LogP) is 1.91. The minimum absolute atomic E-state index is 0.221. The topological polar surface area (TPSA) is 65.9 Å². The number of rotatable bonds is 1. The summed E-state index contributed by atoms with van der Waals surface area (Å²) in [5.74, 6) is 0. The number of nitrogens with one attached hydrogen (secondary N) is 1. The lowest BCUT2D eigenvalue weighted by Crippen LogP contribution is -2.10. The second-order valence-corrected chi connectivity index (χ2v) is 4.11. The molecule has 0 spiro atoms. The molecular weight excluding hydrogens is 243 g/mol. The molecule has 2 aromatic rings. The van der Waals surface area contributed by atoms with Crippen molar-refractivity contribution in [2.45, 2.75) is 0 Å². The minimum atomic E-state index is 0.221. The van der Waals surface area contributed by atoms with Crippen LogP contribution in [0.1, 0.15) is 0 Å². The van der Waals surface area contributed by atoms with Crippen molar-refractivity contribution >= 4 is 39.7 Å². The van der Waals surface area contributed by atoms with Gasteiger partial charge in [-0.1, -0.05) is 0 Å². The summed E-state index contributed by atoms with van der Waals surface area (Å²) in [6.07, 6.45) is 0. The van der Waals surface area contributed by atoms with Gasteiger partial charge in [0.15, 0.2) is 10.8 Å². The Hall–Kier alpha value is -0.910. The zero-order chi connectivity index (χ0) is 10.1. The minimum Gasteiger partial charge on any atom is -0.375 e. The highest BCUT2D eigenvalue weighted by Gasteiger charge is 2.12. The Bertz CT molecular complexity index is 450. The highest BCUT2D eigenvalue weighted by molar-refractivity contribution is 7.13. The maximum absolute atomic E-state index is 5.74. The quantitative estimate of drug-likeness (QED) is 0.619. The molecule has 4 nitrogen and oxygen atoms in total. The Morgan fingerprint density at radius 2 is 2.14 bits per heavy atom. The molecule has 0 aliphatic heterocycles. The molecule has 0 aliphatic rings. The van der Waals surface area contributed by atoms with Crippen LogP contribution in [0.3, 0.4) is 0 Å². The van der Waals surface area contributed by atoms with Gasteiger partial charge >= 0.3 is 5.28 Å². The summed E-state index contributed by atoms with van der Waals surface area (Å²) in [4.78, 5) is 10.7. The van der Waals surface area contributed by atoms with Gasteiger partial charge in [-0.3, -0.25) is 0 Å². The van der Waals surface area contributed by atoms with E-state index in [1.54, 1.807) is 6.07 Å².